The van der Waals surface area contributed by atoms with E-state index in [1.54, 1.807) is 0 Å². The minimum atomic E-state index is -2.00. The van der Waals surface area contributed by atoms with Crippen molar-refractivity contribution >= 4 is 21.3 Å². The zero-order valence-corrected chi connectivity index (χ0v) is 7.93. The summed E-state index contributed by atoms with van der Waals surface area (Å²) in [6.45, 7) is 0.809. The highest BCUT2D eigenvalue weighted by atomic mass is 32.2. The third-order valence-corrected chi connectivity index (χ3v) is 2.10. The van der Waals surface area contributed by atoms with E-state index in [9.17, 15) is 8.42 Å². The van der Waals surface area contributed by atoms with Gasteiger partial charge in [0.05, 0.1) is 0 Å². The Hall–Kier alpha value is -1.08. The number of piperidine rings is 1. The van der Waals surface area contributed by atoms with E-state index in [1.807, 2.05) is 0 Å². The molecule has 0 spiro atoms. The molecule has 0 aromatic heterocycles. The number of nitrogens with one attached hydrogen (secondary N) is 1. The van der Waals surface area contributed by atoms with Gasteiger partial charge in [0.2, 0.25) is 10.3 Å². The summed E-state index contributed by atoms with van der Waals surface area (Å²) in [5.41, 5.74) is 8.50. The molecular formula is C6H13N3O3S. The summed E-state index contributed by atoms with van der Waals surface area (Å²) in [4.78, 5) is 9.47. The smallest absolute Gasteiger partial charge is 0.309 e. The second-order valence-corrected chi connectivity index (χ2v) is 3.41. The van der Waals surface area contributed by atoms with Crippen LogP contribution < -0.4 is 16.8 Å². The summed E-state index contributed by atoms with van der Waals surface area (Å²) in [7, 11) is -2.00. The quantitative estimate of drug-likeness (QED) is 0.432. The van der Waals surface area contributed by atoms with Crippen molar-refractivity contribution in [3.05, 3.63) is 0 Å². The number of hydrogen-bond acceptors (Lipinski definition) is 3. The first kappa shape index (κ1) is 11.9. The molecule has 0 saturated carbocycles. The second-order valence-electron chi connectivity index (χ2n) is 2.44. The number of carbonyl (C=O) groups excluding carboxylic acids is 1. The van der Waals surface area contributed by atoms with Gasteiger partial charge in [0, 0.05) is 6.54 Å². The van der Waals surface area contributed by atoms with E-state index in [0.29, 0.717) is 11.4 Å². The van der Waals surface area contributed by atoms with E-state index in [4.69, 9.17) is 4.79 Å². The van der Waals surface area contributed by atoms with E-state index < -0.39 is 16.3 Å². The van der Waals surface area contributed by atoms with Crippen LogP contribution in [-0.2, 0) is 10.3 Å². The fraction of sp³-hybridized carbons (Fsp3) is 0.667. The second kappa shape index (κ2) is 6.44. The molecule has 1 heterocycles. The molecule has 0 aliphatic carbocycles. The summed E-state index contributed by atoms with van der Waals surface area (Å²) in [5.74, 6) is 0. The van der Waals surface area contributed by atoms with Crippen LogP contribution in [0.15, 0.2) is 0 Å². The Balaban J connectivity index is 0.000000310. The first-order chi connectivity index (χ1) is 6.04. The Morgan fingerprint density at radius 1 is 1.31 bits per heavy atom. The molecule has 1 rings (SSSR count). The van der Waals surface area contributed by atoms with Gasteiger partial charge >= 0.3 is 6.03 Å². The average Bonchev–Trinajstić information content (AvgIpc) is 2.05. The lowest BCUT2D eigenvalue weighted by Crippen LogP contribution is -2.29. The monoisotopic (exact) mass is 207 g/mol. The maximum absolute atomic E-state index is 10.3. The standard InChI is InChI=1S/C5H9NO2S.CH4N2O/c7-9(8)5-3-1-2-4-6-5;2-1(3)4/h6H,1-4H2;(H4,2,3,4). The van der Waals surface area contributed by atoms with Gasteiger partial charge in [0.1, 0.15) is 4.99 Å². The van der Waals surface area contributed by atoms with Gasteiger partial charge in [-0.1, -0.05) is 0 Å². The van der Waals surface area contributed by atoms with Crippen molar-refractivity contribution in [3.63, 3.8) is 0 Å². The highest BCUT2D eigenvalue weighted by Gasteiger charge is 2.05. The van der Waals surface area contributed by atoms with E-state index in [0.717, 1.165) is 19.4 Å². The molecule has 0 aromatic carbocycles. The van der Waals surface area contributed by atoms with Crippen molar-refractivity contribution in [1.29, 1.82) is 0 Å². The lowest BCUT2D eigenvalue weighted by molar-refractivity contribution is 0.256. The van der Waals surface area contributed by atoms with Crippen LogP contribution in [-0.4, -0.2) is 26.0 Å². The maximum atomic E-state index is 10.3. The van der Waals surface area contributed by atoms with Crippen LogP contribution >= 0.6 is 0 Å². The summed E-state index contributed by atoms with van der Waals surface area (Å²) in [6.07, 6.45) is 2.77. The van der Waals surface area contributed by atoms with Crippen LogP contribution in [0.5, 0.6) is 0 Å². The summed E-state index contributed by atoms with van der Waals surface area (Å²) in [5, 5.41) is 2.82. The third-order valence-electron chi connectivity index (χ3n) is 1.35. The number of primary amides is 2. The van der Waals surface area contributed by atoms with Crippen LogP contribution in [0.1, 0.15) is 19.3 Å². The summed E-state index contributed by atoms with van der Waals surface area (Å²) >= 11 is 0. The highest BCUT2D eigenvalue weighted by molar-refractivity contribution is 7.72. The van der Waals surface area contributed by atoms with E-state index in [2.05, 4.69) is 16.8 Å². The Labute approximate surface area is 77.8 Å². The topological polar surface area (TPSA) is 115 Å². The van der Waals surface area contributed by atoms with Crippen LogP contribution in [0.3, 0.4) is 0 Å². The molecule has 0 aromatic rings. The molecule has 1 saturated heterocycles. The zero-order valence-electron chi connectivity index (χ0n) is 7.12. The highest BCUT2D eigenvalue weighted by Crippen LogP contribution is 1.99. The summed E-state index contributed by atoms with van der Waals surface area (Å²) in [6, 6.07) is -0.833. The molecule has 0 bridgehead atoms. The molecule has 7 heteroatoms. The molecule has 76 valence electrons. The molecule has 13 heavy (non-hydrogen) atoms. The van der Waals surface area contributed by atoms with E-state index >= 15 is 0 Å². The molecule has 1 aliphatic rings. The molecule has 1 fully saturated rings. The predicted octanol–water partition coefficient (Wildman–Crippen LogP) is -1.21. The molecule has 0 unspecified atom stereocenters. The normalized spacial score (nSPS) is 15.5. The van der Waals surface area contributed by atoms with Crippen LogP contribution in [0.4, 0.5) is 4.79 Å². The van der Waals surface area contributed by atoms with Gasteiger partial charge in [-0.3, -0.25) is 5.32 Å². The Bertz CT molecular complexity index is 276. The predicted molar refractivity (Wildman–Crippen MR) is 49.6 cm³/mol. The molecular weight excluding hydrogens is 194 g/mol. The van der Waals surface area contributed by atoms with Gasteiger partial charge in [-0.05, 0) is 19.3 Å². The number of nitrogens with two attached hydrogens (primary N) is 2. The van der Waals surface area contributed by atoms with Crippen molar-refractivity contribution < 1.29 is 13.2 Å². The molecule has 5 N–H and O–H groups in total. The van der Waals surface area contributed by atoms with Gasteiger partial charge in [0.15, 0.2) is 0 Å². The van der Waals surface area contributed by atoms with Crippen LogP contribution in [0.2, 0.25) is 0 Å². The van der Waals surface area contributed by atoms with Crippen molar-refractivity contribution in [1.82, 2.24) is 5.32 Å². The first-order valence-corrected chi connectivity index (χ1v) is 4.85. The maximum Gasteiger partial charge on any atom is 0.309 e. The Morgan fingerprint density at radius 2 is 1.85 bits per heavy atom. The molecule has 0 atom stereocenters. The Kier molecular flexibility index (Phi) is 5.90. The van der Waals surface area contributed by atoms with Gasteiger partial charge in [-0.25, -0.2) is 4.79 Å². The van der Waals surface area contributed by atoms with Crippen molar-refractivity contribution in [3.8, 4) is 0 Å². The minimum absolute atomic E-state index is 0.473. The fourth-order valence-corrected chi connectivity index (χ4v) is 1.40. The van der Waals surface area contributed by atoms with Crippen molar-refractivity contribution in [2.24, 2.45) is 11.5 Å². The van der Waals surface area contributed by atoms with Gasteiger partial charge in [0.25, 0.3) is 0 Å². The average molecular weight is 207 g/mol. The molecule has 0 radical (unpaired) electrons. The molecule has 2 amide bonds. The number of hydrogen-bond donors (Lipinski definition) is 3. The Morgan fingerprint density at radius 3 is 2.08 bits per heavy atom. The lowest BCUT2D eigenvalue weighted by atomic mass is 10.2. The zero-order chi connectivity index (χ0) is 10.3. The van der Waals surface area contributed by atoms with Gasteiger partial charge in [-0.15, -0.1) is 0 Å². The summed E-state index contributed by atoms with van der Waals surface area (Å²) < 4.78 is 20.5. The lowest BCUT2D eigenvalue weighted by Gasteiger charge is -2.09. The van der Waals surface area contributed by atoms with E-state index in [-0.39, 0.29) is 0 Å². The van der Waals surface area contributed by atoms with Crippen LogP contribution in [0.25, 0.3) is 0 Å². The van der Waals surface area contributed by atoms with E-state index in [1.165, 1.54) is 0 Å². The SMILES string of the molecule is NC(N)=O.O=S(=O)=C1CCCCN1. The van der Waals surface area contributed by atoms with Crippen molar-refractivity contribution in [2.75, 3.05) is 6.54 Å². The van der Waals surface area contributed by atoms with Crippen molar-refractivity contribution in [2.45, 2.75) is 19.3 Å². The minimum Gasteiger partial charge on any atom is -0.352 e. The number of carbonyl (C=O) groups is 1. The van der Waals surface area contributed by atoms with Gasteiger partial charge in [-0.2, -0.15) is 8.42 Å². The number of amides is 2. The molecule has 1 aliphatic heterocycles. The molecule has 6 nitrogen and oxygen atoms in total. The van der Waals surface area contributed by atoms with Crippen LogP contribution in [0, 0.1) is 0 Å². The first-order valence-electron chi connectivity index (χ1n) is 3.78. The number of rotatable bonds is 0. The fourth-order valence-electron chi connectivity index (χ4n) is 0.869. The third kappa shape index (κ3) is 7.29. The largest absolute Gasteiger partial charge is 0.352 e. The van der Waals surface area contributed by atoms with Gasteiger partial charge < -0.3 is 11.5 Å². The number of urea groups is 1.